The van der Waals surface area contributed by atoms with Gasteiger partial charge in [0.05, 0.1) is 0 Å². The second-order valence-corrected chi connectivity index (χ2v) is 4.26. The Morgan fingerprint density at radius 2 is 2.00 bits per heavy atom. The SMILES string of the molecule is O=C(/C=C/c1ccc([O-])c(C[O-])c1)c1cccc(O)c1. The zero-order valence-electron chi connectivity index (χ0n) is 10.6. The molecule has 0 aromatic heterocycles. The van der Waals surface area contributed by atoms with E-state index in [1.807, 2.05) is 0 Å². The first-order valence-corrected chi connectivity index (χ1v) is 5.99. The van der Waals surface area contributed by atoms with E-state index in [9.17, 15) is 20.1 Å². The predicted molar refractivity (Wildman–Crippen MR) is 71.1 cm³/mol. The van der Waals surface area contributed by atoms with Gasteiger partial charge in [-0.1, -0.05) is 42.0 Å². The second-order valence-electron chi connectivity index (χ2n) is 4.26. The monoisotopic (exact) mass is 268 g/mol. The summed E-state index contributed by atoms with van der Waals surface area (Å²) in [6.45, 7) is -0.582. The van der Waals surface area contributed by atoms with E-state index in [0.29, 0.717) is 11.1 Å². The summed E-state index contributed by atoms with van der Waals surface area (Å²) >= 11 is 0. The van der Waals surface area contributed by atoms with Gasteiger partial charge in [-0.25, -0.2) is 0 Å². The van der Waals surface area contributed by atoms with Gasteiger partial charge in [0.2, 0.25) is 0 Å². The maximum absolute atomic E-state index is 11.9. The molecule has 20 heavy (non-hydrogen) atoms. The summed E-state index contributed by atoms with van der Waals surface area (Å²) in [7, 11) is 0. The largest absolute Gasteiger partial charge is 0.872 e. The molecule has 0 saturated heterocycles. The molecular formula is C16H12O4-2. The number of allylic oxidation sites excluding steroid dienone is 1. The minimum absolute atomic E-state index is 0.0219. The minimum atomic E-state index is -0.582. The van der Waals surface area contributed by atoms with Gasteiger partial charge >= 0.3 is 0 Å². The molecule has 4 nitrogen and oxygen atoms in total. The van der Waals surface area contributed by atoms with Crippen molar-refractivity contribution in [1.29, 1.82) is 0 Å². The van der Waals surface area contributed by atoms with Gasteiger partial charge in [-0.2, -0.15) is 0 Å². The van der Waals surface area contributed by atoms with Crippen molar-refractivity contribution in [1.82, 2.24) is 0 Å². The normalized spacial score (nSPS) is 10.8. The molecule has 0 aliphatic heterocycles. The molecular weight excluding hydrogens is 256 g/mol. The lowest BCUT2D eigenvalue weighted by Crippen LogP contribution is -2.06. The van der Waals surface area contributed by atoms with Gasteiger partial charge in [-0.15, -0.1) is 12.4 Å². The fourth-order valence-corrected chi connectivity index (χ4v) is 1.74. The topological polar surface area (TPSA) is 83.4 Å². The average Bonchev–Trinajstić information content (AvgIpc) is 2.46. The van der Waals surface area contributed by atoms with Gasteiger partial charge < -0.3 is 15.3 Å². The molecule has 0 atom stereocenters. The molecule has 0 bridgehead atoms. The third-order valence-electron chi connectivity index (χ3n) is 2.80. The first-order valence-electron chi connectivity index (χ1n) is 5.99. The van der Waals surface area contributed by atoms with E-state index in [4.69, 9.17) is 0 Å². The number of carbonyl (C=O) groups is 1. The Bertz CT molecular complexity index is 659. The molecule has 0 unspecified atom stereocenters. The summed E-state index contributed by atoms with van der Waals surface area (Å²) < 4.78 is 0. The number of phenols is 1. The maximum Gasteiger partial charge on any atom is 0.185 e. The highest BCUT2D eigenvalue weighted by molar-refractivity contribution is 6.07. The van der Waals surface area contributed by atoms with E-state index in [1.165, 1.54) is 36.4 Å². The zero-order valence-corrected chi connectivity index (χ0v) is 10.6. The third kappa shape index (κ3) is 3.24. The molecule has 2 rings (SSSR count). The van der Waals surface area contributed by atoms with Crippen molar-refractivity contribution in [3.63, 3.8) is 0 Å². The number of aromatic hydroxyl groups is 1. The van der Waals surface area contributed by atoms with Crippen molar-refractivity contribution in [3.8, 4) is 11.5 Å². The molecule has 1 N–H and O–H groups in total. The molecule has 4 heteroatoms. The maximum atomic E-state index is 11.9. The summed E-state index contributed by atoms with van der Waals surface area (Å²) in [5.41, 5.74) is 1.16. The Morgan fingerprint density at radius 3 is 2.70 bits per heavy atom. The van der Waals surface area contributed by atoms with Gasteiger partial charge in [-0.05, 0) is 23.8 Å². The quantitative estimate of drug-likeness (QED) is 0.667. The Labute approximate surface area is 116 Å². The van der Waals surface area contributed by atoms with Crippen molar-refractivity contribution in [2.45, 2.75) is 6.61 Å². The Balaban J connectivity index is 2.19. The van der Waals surface area contributed by atoms with Crippen LogP contribution in [0.1, 0.15) is 21.5 Å². The van der Waals surface area contributed by atoms with E-state index in [0.717, 1.165) is 0 Å². The molecule has 0 aliphatic carbocycles. The van der Waals surface area contributed by atoms with Crippen LogP contribution in [0.2, 0.25) is 0 Å². The van der Waals surface area contributed by atoms with Crippen LogP contribution < -0.4 is 10.2 Å². The molecule has 0 saturated carbocycles. The first kappa shape index (κ1) is 13.8. The van der Waals surface area contributed by atoms with Crippen molar-refractivity contribution < 1.29 is 20.1 Å². The predicted octanol–water partition coefficient (Wildman–Crippen LogP) is 1.22. The summed E-state index contributed by atoms with van der Waals surface area (Å²) in [6.07, 6.45) is 2.87. The first-order chi connectivity index (χ1) is 9.60. The molecule has 2 aromatic rings. The highest BCUT2D eigenvalue weighted by Gasteiger charge is 2.02. The summed E-state index contributed by atoms with van der Waals surface area (Å²) in [5, 5.41) is 31.4. The van der Waals surface area contributed by atoms with E-state index in [1.54, 1.807) is 18.2 Å². The van der Waals surface area contributed by atoms with Crippen LogP contribution in [-0.4, -0.2) is 10.9 Å². The van der Waals surface area contributed by atoms with Crippen molar-refractivity contribution in [2.75, 3.05) is 0 Å². The van der Waals surface area contributed by atoms with Crippen LogP contribution in [0.3, 0.4) is 0 Å². The van der Waals surface area contributed by atoms with E-state index < -0.39 is 6.61 Å². The zero-order chi connectivity index (χ0) is 14.5. The molecule has 0 heterocycles. The van der Waals surface area contributed by atoms with Gasteiger partial charge in [0.15, 0.2) is 5.78 Å². The number of phenolic OH excluding ortho intramolecular Hbond substituents is 1. The fourth-order valence-electron chi connectivity index (χ4n) is 1.74. The van der Waals surface area contributed by atoms with Crippen LogP contribution in [0.25, 0.3) is 6.08 Å². The number of benzene rings is 2. The summed E-state index contributed by atoms with van der Waals surface area (Å²) in [6, 6.07) is 10.4. The number of ketones is 1. The lowest BCUT2D eigenvalue weighted by Gasteiger charge is -2.16. The van der Waals surface area contributed by atoms with E-state index >= 15 is 0 Å². The number of hydrogen-bond acceptors (Lipinski definition) is 4. The summed E-state index contributed by atoms with van der Waals surface area (Å²) in [4.78, 5) is 11.9. The molecule has 0 radical (unpaired) electrons. The molecule has 0 spiro atoms. The van der Waals surface area contributed by atoms with Gasteiger partial charge in [-0.3, -0.25) is 4.79 Å². The number of hydrogen-bond donors (Lipinski definition) is 1. The van der Waals surface area contributed by atoms with Crippen LogP contribution in [0, 0.1) is 0 Å². The van der Waals surface area contributed by atoms with Crippen molar-refractivity contribution in [3.05, 3.63) is 65.2 Å². The van der Waals surface area contributed by atoms with Crippen LogP contribution in [0.15, 0.2) is 48.5 Å². The second kappa shape index (κ2) is 6.04. The lowest BCUT2D eigenvalue weighted by molar-refractivity contribution is -0.389. The molecule has 2 aromatic carbocycles. The van der Waals surface area contributed by atoms with Crippen LogP contribution in [0.5, 0.6) is 11.5 Å². The van der Waals surface area contributed by atoms with E-state index in [-0.39, 0.29) is 22.8 Å². The van der Waals surface area contributed by atoms with Crippen molar-refractivity contribution in [2.24, 2.45) is 0 Å². The van der Waals surface area contributed by atoms with Crippen molar-refractivity contribution >= 4 is 11.9 Å². The smallest absolute Gasteiger partial charge is 0.185 e. The molecule has 0 fully saturated rings. The van der Waals surface area contributed by atoms with Gasteiger partial charge in [0, 0.05) is 5.56 Å². The fraction of sp³-hybridized carbons (Fsp3) is 0.0625. The summed E-state index contributed by atoms with van der Waals surface area (Å²) in [5.74, 6) is -0.541. The Morgan fingerprint density at radius 1 is 1.20 bits per heavy atom. The van der Waals surface area contributed by atoms with Crippen LogP contribution in [-0.2, 0) is 6.61 Å². The van der Waals surface area contributed by atoms with E-state index in [2.05, 4.69) is 0 Å². The average molecular weight is 268 g/mol. The highest BCUT2D eigenvalue weighted by atomic mass is 16.3. The number of carbonyl (C=O) groups excluding carboxylic acids is 1. The molecule has 0 aliphatic rings. The Hall–Kier alpha value is -2.59. The minimum Gasteiger partial charge on any atom is -0.872 e. The Kier molecular flexibility index (Phi) is 4.17. The van der Waals surface area contributed by atoms with Crippen LogP contribution >= 0.6 is 0 Å². The number of rotatable bonds is 4. The van der Waals surface area contributed by atoms with Gasteiger partial charge in [0.1, 0.15) is 5.75 Å². The van der Waals surface area contributed by atoms with Crippen LogP contribution in [0.4, 0.5) is 0 Å². The third-order valence-corrected chi connectivity index (χ3v) is 2.80. The highest BCUT2D eigenvalue weighted by Crippen LogP contribution is 2.17. The standard InChI is InChI=1S/C16H13O4/c17-10-13-8-11(5-7-16(13)20)4-6-15(19)12-2-1-3-14(18)9-12/h1-9,18,20H,10H2/q-1/p-1/b6-4+. The molecule has 0 amide bonds. The molecule has 102 valence electrons. The van der Waals surface area contributed by atoms with Gasteiger partial charge in [0.25, 0.3) is 0 Å². The lowest BCUT2D eigenvalue weighted by atomic mass is 10.1.